The first-order valence-corrected chi connectivity index (χ1v) is 7.67. The van der Waals surface area contributed by atoms with Crippen LogP contribution >= 0.6 is 11.6 Å². The Bertz CT molecular complexity index is 903. The number of hydrogen-bond acceptors (Lipinski definition) is 4. The first-order valence-electron chi connectivity index (χ1n) is 7.29. The maximum atomic E-state index is 12.6. The maximum absolute atomic E-state index is 12.6. The van der Waals surface area contributed by atoms with Crippen molar-refractivity contribution in [3.8, 4) is 17.0 Å². The van der Waals surface area contributed by atoms with Crippen molar-refractivity contribution in [3.05, 3.63) is 59.3 Å². The van der Waals surface area contributed by atoms with Crippen LogP contribution in [0.2, 0.25) is 5.02 Å². The van der Waals surface area contributed by atoms with Crippen molar-refractivity contribution in [3.63, 3.8) is 0 Å². The van der Waals surface area contributed by atoms with Crippen LogP contribution in [0.15, 0.2) is 42.9 Å². The summed E-state index contributed by atoms with van der Waals surface area (Å²) in [5, 5.41) is 4.06. The molecule has 136 valence electrons. The molecule has 0 saturated carbocycles. The van der Waals surface area contributed by atoms with E-state index in [0.717, 1.165) is 6.33 Å². The number of benzene rings is 1. The molecule has 1 aromatic carbocycles. The van der Waals surface area contributed by atoms with Gasteiger partial charge in [-0.15, -0.1) is 5.10 Å². The summed E-state index contributed by atoms with van der Waals surface area (Å²) in [4.78, 5) is 7.41. The van der Waals surface area contributed by atoms with E-state index in [1.807, 2.05) is 0 Å². The summed E-state index contributed by atoms with van der Waals surface area (Å²) in [6.45, 7) is -2.97. The van der Waals surface area contributed by atoms with Crippen LogP contribution in [-0.2, 0) is 6.54 Å². The average Bonchev–Trinajstić information content (AvgIpc) is 3.04. The Hall–Kier alpha value is -2.68. The van der Waals surface area contributed by atoms with Gasteiger partial charge in [-0.1, -0.05) is 23.7 Å². The number of ether oxygens (including phenoxy) is 1. The first kappa shape index (κ1) is 18.1. The number of alkyl halides is 4. The molecular weight excluding hydrogens is 376 g/mol. The normalized spacial score (nSPS) is 11.3. The molecule has 0 fully saturated rings. The van der Waals surface area contributed by atoms with Crippen LogP contribution in [0.1, 0.15) is 17.8 Å². The van der Waals surface area contributed by atoms with Crippen molar-refractivity contribution in [2.24, 2.45) is 0 Å². The highest BCUT2D eigenvalue weighted by Crippen LogP contribution is 2.31. The lowest BCUT2D eigenvalue weighted by Gasteiger charge is -2.12. The van der Waals surface area contributed by atoms with Gasteiger partial charge in [0, 0.05) is 16.8 Å². The lowest BCUT2D eigenvalue weighted by molar-refractivity contribution is -0.0524. The van der Waals surface area contributed by atoms with Gasteiger partial charge in [-0.2, -0.15) is 8.78 Å². The zero-order valence-corrected chi connectivity index (χ0v) is 13.7. The number of halogens is 5. The lowest BCUT2D eigenvalue weighted by atomic mass is 10.1. The molecule has 2 heterocycles. The van der Waals surface area contributed by atoms with Crippen LogP contribution in [0.25, 0.3) is 11.1 Å². The highest BCUT2D eigenvalue weighted by atomic mass is 35.5. The van der Waals surface area contributed by atoms with Crippen LogP contribution < -0.4 is 4.74 Å². The molecule has 10 heteroatoms. The summed E-state index contributed by atoms with van der Waals surface area (Å²) in [5.74, 6) is -0.858. The number of aromatic nitrogens is 4. The van der Waals surface area contributed by atoms with Crippen LogP contribution in [0.4, 0.5) is 17.6 Å². The maximum Gasteiger partial charge on any atom is 0.388 e. The number of pyridine rings is 1. The highest BCUT2D eigenvalue weighted by Gasteiger charge is 2.16. The Kier molecular flexibility index (Phi) is 5.36. The van der Waals surface area contributed by atoms with Gasteiger partial charge in [0.2, 0.25) is 11.7 Å². The van der Waals surface area contributed by atoms with Gasteiger partial charge >= 0.3 is 6.61 Å². The summed E-state index contributed by atoms with van der Waals surface area (Å²) in [6, 6.07) is 8.08. The van der Waals surface area contributed by atoms with Gasteiger partial charge in [0.15, 0.2) is 0 Å². The lowest BCUT2D eigenvalue weighted by Crippen LogP contribution is -2.07. The van der Waals surface area contributed by atoms with Gasteiger partial charge in [-0.25, -0.2) is 23.4 Å². The second kappa shape index (κ2) is 7.69. The average molecular weight is 387 g/mol. The van der Waals surface area contributed by atoms with Gasteiger partial charge in [0.25, 0.3) is 6.43 Å². The van der Waals surface area contributed by atoms with Gasteiger partial charge < -0.3 is 4.74 Å². The van der Waals surface area contributed by atoms with E-state index < -0.39 is 18.9 Å². The van der Waals surface area contributed by atoms with Gasteiger partial charge in [-0.3, -0.25) is 0 Å². The quantitative estimate of drug-likeness (QED) is 0.582. The minimum absolute atomic E-state index is 0.0786. The monoisotopic (exact) mass is 386 g/mol. The number of hydrogen-bond donors (Lipinski definition) is 0. The summed E-state index contributed by atoms with van der Waals surface area (Å²) in [7, 11) is 0. The van der Waals surface area contributed by atoms with E-state index in [0.29, 0.717) is 21.7 Å². The predicted molar refractivity (Wildman–Crippen MR) is 85.4 cm³/mol. The molecule has 5 nitrogen and oxygen atoms in total. The van der Waals surface area contributed by atoms with Crippen molar-refractivity contribution in [2.75, 3.05) is 0 Å². The molecule has 0 spiro atoms. The highest BCUT2D eigenvalue weighted by molar-refractivity contribution is 6.30. The third-order valence-corrected chi connectivity index (χ3v) is 3.57. The van der Waals surface area contributed by atoms with E-state index in [9.17, 15) is 17.6 Å². The summed E-state index contributed by atoms with van der Waals surface area (Å²) in [6.07, 6.45) is -0.321. The van der Waals surface area contributed by atoms with Crippen molar-refractivity contribution in [1.82, 2.24) is 19.7 Å². The molecule has 0 atom stereocenters. The molecule has 26 heavy (non-hydrogen) atoms. The van der Waals surface area contributed by atoms with Gasteiger partial charge in [0.05, 0.1) is 6.54 Å². The largest absolute Gasteiger partial charge is 0.416 e. The van der Waals surface area contributed by atoms with Crippen molar-refractivity contribution < 1.29 is 22.3 Å². The molecule has 0 unspecified atom stereocenters. The van der Waals surface area contributed by atoms with E-state index in [4.69, 9.17) is 11.6 Å². The molecule has 0 radical (unpaired) electrons. The fourth-order valence-corrected chi connectivity index (χ4v) is 2.49. The molecule has 3 rings (SSSR count). The standard InChI is InChI=1S/C16H11ClF4N4O/c17-11-3-1-2-10(5-11)12-4-9(6-22-15(12)26-16(20)21)7-25-8-23-14(24-25)13(18)19/h1-6,8,13,16H,7H2. The molecular formula is C16H11ClF4N4O. The molecule has 0 aliphatic carbocycles. The Morgan fingerprint density at radius 1 is 1.12 bits per heavy atom. The Morgan fingerprint density at radius 3 is 2.58 bits per heavy atom. The Balaban J connectivity index is 1.95. The molecule has 0 N–H and O–H groups in total. The Labute approximate surface area is 150 Å². The van der Waals surface area contributed by atoms with E-state index in [2.05, 4.69) is 19.8 Å². The summed E-state index contributed by atoms with van der Waals surface area (Å²) in [5.41, 5.74) is 1.35. The van der Waals surface area contributed by atoms with Crippen molar-refractivity contribution in [1.29, 1.82) is 0 Å². The molecule has 3 aromatic rings. The zero-order chi connectivity index (χ0) is 18.7. The Morgan fingerprint density at radius 2 is 1.92 bits per heavy atom. The van der Waals surface area contributed by atoms with Crippen LogP contribution in [0.3, 0.4) is 0 Å². The summed E-state index contributed by atoms with van der Waals surface area (Å²) >= 11 is 5.95. The van der Waals surface area contributed by atoms with Gasteiger partial charge in [0.1, 0.15) is 6.33 Å². The molecule has 0 bridgehead atoms. The minimum atomic E-state index is -3.05. The van der Waals surface area contributed by atoms with Crippen molar-refractivity contribution in [2.45, 2.75) is 19.6 Å². The third kappa shape index (κ3) is 4.29. The molecule has 0 saturated heterocycles. The topological polar surface area (TPSA) is 52.8 Å². The fraction of sp³-hybridized carbons (Fsp3) is 0.188. The van der Waals surface area contributed by atoms with Crippen LogP contribution in [0, 0.1) is 0 Å². The number of rotatable bonds is 6. The van der Waals surface area contributed by atoms with E-state index >= 15 is 0 Å². The fourth-order valence-electron chi connectivity index (χ4n) is 2.30. The first-order chi connectivity index (χ1) is 12.4. The minimum Gasteiger partial charge on any atom is -0.416 e. The summed E-state index contributed by atoms with van der Waals surface area (Å²) < 4.78 is 56.1. The van der Waals surface area contributed by atoms with E-state index in [1.54, 1.807) is 30.3 Å². The van der Waals surface area contributed by atoms with Crippen LogP contribution in [-0.4, -0.2) is 26.4 Å². The second-order valence-electron chi connectivity index (χ2n) is 5.19. The second-order valence-corrected chi connectivity index (χ2v) is 5.62. The molecule has 0 amide bonds. The molecule has 0 aliphatic rings. The van der Waals surface area contributed by atoms with Crippen LogP contribution in [0.5, 0.6) is 5.88 Å². The molecule has 0 aliphatic heterocycles. The van der Waals surface area contributed by atoms with Crippen molar-refractivity contribution >= 4 is 11.6 Å². The van der Waals surface area contributed by atoms with E-state index in [-0.39, 0.29) is 12.4 Å². The molecule has 2 aromatic heterocycles. The SMILES string of the molecule is FC(F)Oc1ncc(Cn2cnc(C(F)F)n2)cc1-c1cccc(Cl)c1. The zero-order valence-electron chi connectivity index (χ0n) is 13.0. The smallest absolute Gasteiger partial charge is 0.388 e. The van der Waals surface area contributed by atoms with E-state index in [1.165, 1.54) is 10.9 Å². The third-order valence-electron chi connectivity index (χ3n) is 3.34. The predicted octanol–water partition coefficient (Wildman–Crippen LogP) is 4.58. The van der Waals surface area contributed by atoms with Gasteiger partial charge in [-0.05, 0) is 29.3 Å². The number of nitrogens with zero attached hydrogens (tertiary/aromatic N) is 4.